The summed E-state index contributed by atoms with van der Waals surface area (Å²) in [5.41, 5.74) is 5.47. The second-order valence-corrected chi connectivity index (χ2v) is 5.60. The second kappa shape index (κ2) is 5.60. The van der Waals surface area contributed by atoms with Gasteiger partial charge in [-0.25, -0.2) is 0 Å². The Morgan fingerprint density at radius 2 is 2.05 bits per heavy atom. The van der Waals surface area contributed by atoms with Crippen molar-refractivity contribution in [2.75, 3.05) is 11.9 Å². The molecule has 0 spiro atoms. The van der Waals surface area contributed by atoms with Gasteiger partial charge in [-0.15, -0.1) is 0 Å². The zero-order valence-electron chi connectivity index (χ0n) is 12.4. The summed E-state index contributed by atoms with van der Waals surface area (Å²) < 4.78 is 0. The first-order valence-electron chi connectivity index (χ1n) is 7.38. The summed E-state index contributed by atoms with van der Waals surface area (Å²) >= 11 is 0. The maximum atomic E-state index is 12.4. The molecule has 0 radical (unpaired) electrons. The molecule has 2 aromatic carbocycles. The summed E-state index contributed by atoms with van der Waals surface area (Å²) in [5, 5.41) is 6.39. The van der Waals surface area contributed by atoms with Gasteiger partial charge in [0.15, 0.2) is 0 Å². The zero-order valence-corrected chi connectivity index (χ0v) is 12.4. The van der Waals surface area contributed by atoms with Gasteiger partial charge in [-0.2, -0.15) is 0 Å². The highest BCUT2D eigenvalue weighted by Crippen LogP contribution is 2.23. The lowest BCUT2D eigenvalue weighted by molar-refractivity contribution is 0.0940. The van der Waals surface area contributed by atoms with Crippen LogP contribution in [0.3, 0.4) is 0 Å². The molecule has 0 bridgehead atoms. The molecule has 0 saturated carbocycles. The molecular weight excluding hydrogens is 260 g/mol. The maximum absolute atomic E-state index is 12.4. The Balaban J connectivity index is 1.76. The summed E-state index contributed by atoms with van der Waals surface area (Å²) in [7, 11) is 0. The molecule has 1 unspecified atom stereocenters. The number of rotatable bonds is 3. The molecule has 0 fully saturated rings. The lowest BCUT2D eigenvalue weighted by atomic mass is 10.0. The van der Waals surface area contributed by atoms with Crippen LogP contribution in [-0.2, 0) is 6.42 Å². The molecule has 2 N–H and O–H groups in total. The highest BCUT2D eigenvalue weighted by Gasteiger charge is 2.16. The van der Waals surface area contributed by atoms with E-state index in [0.29, 0.717) is 0 Å². The Kier molecular flexibility index (Phi) is 3.65. The number of nitrogens with one attached hydrogen (secondary N) is 2. The van der Waals surface area contributed by atoms with Crippen molar-refractivity contribution < 1.29 is 4.79 Å². The Bertz CT molecular complexity index is 679. The maximum Gasteiger partial charge on any atom is 0.251 e. The van der Waals surface area contributed by atoms with Gasteiger partial charge >= 0.3 is 0 Å². The van der Waals surface area contributed by atoms with Gasteiger partial charge in [0, 0.05) is 17.8 Å². The van der Waals surface area contributed by atoms with Crippen LogP contribution in [0.15, 0.2) is 42.5 Å². The standard InChI is InChI=1S/C18H20N2O/c1-12-5-3-4-6-16(12)13(2)20-18(21)15-7-8-17-14(11-15)9-10-19-17/h3-8,11,13,19H,9-10H2,1-2H3,(H,20,21). The molecule has 1 atom stereocenters. The third-order valence-electron chi connectivity index (χ3n) is 4.08. The minimum atomic E-state index is -0.0135. The summed E-state index contributed by atoms with van der Waals surface area (Å²) in [4.78, 5) is 12.4. The number of carbonyl (C=O) groups is 1. The van der Waals surface area contributed by atoms with Crippen molar-refractivity contribution in [3.63, 3.8) is 0 Å². The number of fused-ring (bicyclic) bond motifs is 1. The molecular formula is C18H20N2O. The number of amides is 1. The molecule has 0 aromatic heterocycles. The van der Waals surface area contributed by atoms with E-state index in [2.05, 4.69) is 29.7 Å². The van der Waals surface area contributed by atoms with Gasteiger partial charge in [-0.3, -0.25) is 4.79 Å². The summed E-state index contributed by atoms with van der Waals surface area (Å²) in [6.07, 6.45) is 0.990. The Morgan fingerprint density at radius 1 is 1.24 bits per heavy atom. The summed E-state index contributed by atoms with van der Waals surface area (Å²) in [6, 6.07) is 14.0. The first kappa shape index (κ1) is 13.7. The van der Waals surface area contributed by atoms with Crippen molar-refractivity contribution >= 4 is 11.6 Å². The number of anilines is 1. The van der Waals surface area contributed by atoms with Crippen molar-refractivity contribution in [2.45, 2.75) is 26.3 Å². The number of hydrogen-bond donors (Lipinski definition) is 2. The van der Waals surface area contributed by atoms with Gasteiger partial charge in [0.25, 0.3) is 5.91 Å². The van der Waals surface area contributed by atoms with Crippen LogP contribution in [0.1, 0.15) is 40.0 Å². The van der Waals surface area contributed by atoms with Crippen LogP contribution in [0, 0.1) is 6.92 Å². The second-order valence-electron chi connectivity index (χ2n) is 5.60. The average Bonchev–Trinajstić information content (AvgIpc) is 2.94. The lowest BCUT2D eigenvalue weighted by Crippen LogP contribution is -2.27. The topological polar surface area (TPSA) is 41.1 Å². The van der Waals surface area contributed by atoms with Crippen molar-refractivity contribution in [1.82, 2.24) is 5.32 Å². The molecule has 108 valence electrons. The van der Waals surface area contributed by atoms with Crippen LogP contribution in [0.2, 0.25) is 0 Å². The van der Waals surface area contributed by atoms with Crippen LogP contribution >= 0.6 is 0 Å². The van der Waals surface area contributed by atoms with Crippen molar-refractivity contribution in [1.29, 1.82) is 0 Å². The molecule has 1 amide bonds. The van der Waals surface area contributed by atoms with Crippen molar-refractivity contribution in [3.05, 3.63) is 64.7 Å². The van der Waals surface area contributed by atoms with Crippen LogP contribution in [0.5, 0.6) is 0 Å². The zero-order chi connectivity index (χ0) is 14.8. The molecule has 3 nitrogen and oxygen atoms in total. The molecule has 2 aromatic rings. The van der Waals surface area contributed by atoms with E-state index in [4.69, 9.17) is 0 Å². The van der Waals surface area contributed by atoms with E-state index in [1.165, 1.54) is 11.1 Å². The predicted molar refractivity (Wildman–Crippen MR) is 85.7 cm³/mol. The Hall–Kier alpha value is -2.29. The first-order chi connectivity index (χ1) is 10.1. The van der Waals surface area contributed by atoms with E-state index >= 15 is 0 Å². The first-order valence-corrected chi connectivity index (χ1v) is 7.38. The highest BCUT2D eigenvalue weighted by atomic mass is 16.1. The smallest absolute Gasteiger partial charge is 0.251 e. The van der Waals surface area contributed by atoms with Gasteiger partial charge in [-0.1, -0.05) is 24.3 Å². The van der Waals surface area contributed by atoms with Crippen LogP contribution in [-0.4, -0.2) is 12.5 Å². The van der Waals surface area contributed by atoms with Crippen LogP contribution in [0.25, 0.3) is 0 Å². The van der Waals surface area contributed by atoms with Crippen molar-refractivity contribution in [2.24, 2.45) is 0 Å². The average molecular weight is 280 g/mol. The van der Waals surface area contributed by atoms with E-state index in [1.807, 2.05) is 37.3 Å². The van der Waals surface area contributed by atoms with Gasteiger partial charge in [0.2, 0.25) is 0 Å². The van der Waals surface area contributed by atoms with Gasteiger partial charge in [0.05, 0.1) is 6.04 Å². The molecule has 0 saturated heterocycles. The molecule has 1 heterocycles. The fraction of sp³-hybridized carbons (Fsp3) is 0.278. The minimum absolute atomic E-state index is 0.00470. The molecule has 3 rings (SSSR count). The van der Waals surface area contributed by atoms with Crippen molar-refractivity contribution in [3.8, 4) is 0 Å². The van der Waals surface area contributed by atoms with E-state index in [0.717, 1.165) is 29.8 Å². The SMILES string of the molecule is Cc1ccccc1C(C)NC(=O)c1ccc2c(c1)CCN2. The third-order valence-corrected chi connectivity index (χ3v) is 4.08. The predicted octanol–water partition coefficient (Wildman–Crippen LogP) is 3.45. The largest absolute Gasteiger partial charge is 0.384 e. The lowest BCUT2D eigenvalue weighted by Gasteiger charge is -2.17. The van der Waals surface area contributed by atoms with E-state index in [-0.39, 0.29) is 11.9 Å². The fourth-order valence-electron chi connectivity index (χ4n) is 2.88. The summed E-state index contributed by atoms with van der Waals surface area (Å²) in [5.74, 6) is -0.0135. The summed E-state index contributed by atoms with van der Waals surface area (Å²) in [6.45, 7) is 5.05. The van der Waals surface area contributed by atoms with E-state index in [1.54, 1.807) is 0 Å². The third kappa shape index (κ3) is 2.77. The number of benzene rings is 2. The molecule has 21 heavy (non-hydrogen) atoms. The normalized spacial score (nSPS) is 14.2. The van der Waals surface area contributed by atoms with E-state index < -0.39 is 0 Å². The molecule has 0 aliphatic carbocycles. The minimum Gasteiger partial charge on any atom is -0.384 e. The van der Waals surface area contributed by atoms with Crippen LogP contribution in [0.4, 0.5) is 5.69 Å². The molecule has 1 aliphatic rings. The van der Waals surface area contributed by atoms with E-state index in [9.17, 15) is 4.79 Å². The number of hydrogen-bond acceptors (Lipinski definition) is 2. The van der Waals surface area contributed by atoms with Gasteiger partial charge in [0.1, 0.15) is 0 Å². The highest BCUT2D eigenvalue weighted by molar-refractivity contribution is 5.95. The Morgan fingerprint density at radius 3 is 2.86 bits per heavy atom. The number of carbonyl (C=O) groups excluding carboxylic acids is 1. The monoisotopic (exact) mass is 280 g/mol. The van der Waals surface area contributed by atoms with Crippen LogP contribution < -0.4 is 10.6 Å². The fourth-order valence-corrected chi connectivity index (χ4v) is 2.88. The van der Waals surface area contributed by atoms with Gasteiger partial charge < -0.3 is 10.6 Å². The Labute approximate surface area is 125 Å². The molecule has 3 heteroatoms. The quantitative estimate of drug-likeness (QED) is 0.904. The van der Waals surface area contributed by atoms with Gasteiger partial charge in [-0.05, 0) is 55.2 Å². The molecule has 1 aliphatic heterocycles. The number of aryl methyl sites for hydroxylation is 1.